The van der Waals surface area contributed by atoms with Crippen molar-refractivity contribution in [2.24, 2.45) is 0 Å². The fourth-order valence-corrected chi connectivity index (χ4v) is 3.69. The maximum Gasteiger partial charge on any atom is 0.573 e. The van der Waals surface area contributed by atoms with Crippen molar-refractivity contribution < 1.29 is 41.1 Å². The van der Waals surface area contributed by atoms with Crippen LogP contribution in [0.25, 0.3) is 0 Å². The van der Waals surface area contributed by atoms with E-state index in [1.165, 1.54) is 43.3 Å². The predicted molar refractivity (Wildman–Crippen MR) is 90.8 cm³/mol. The Bertz CT molecular complexity index is 898. The molecule has 1 atom stereocenters. The molecule has 28 heavy (non-hydrogen) atoms. The zero-order chi connectivity index (χ0) is 20.9. The van der Waals surface area contributed by atoms with Crippen LogP contribution in [-0.4, -0.2) is 43.3 Å². The Morgan fingerprint density at radius 1 is 1.04 bits per heavy atom. The molecule has 0 saturated carbocycles. The van der Waals surface area contributed by atoms with Gasteiger partial charge in [-0.05, 0) is 55.5 Å². The number of carbonyl (C=O) groups is 1. The predicted octanol–water partition coefficient (Wildman–Crippen LogP) is 3.39. The molecule has 0 aromatic heterocycles. The third-order valence-corrected chi connectivity index (χ3v) is 5.41. The monoisotopic (exact) mass is 419 g/mol. The lowest BCUT2D eigenvalue weighted by Gasteiger charge is -2.17. The summed E-state index contributed by atoms with van der Waals surface area (Å²) in [6, 6.07) is 9.05. The van der Waals surface area contributed by atoms with Crippen molar-refractivity contribution in [3.63, 3.8) is 0 Å². The summed E-state index contributed by atoms with van der Waals surface area (Å²) >= 11 is 0. The van der Waals surface area contributed by atoms with Crippen LogP contribution in [0.4, 0.5) is 13.2 Å². The van der Waals surface area contributed by atoms with Crippen LogP contribution in [0.2, 0.25) is 0 Å². The molecular weight excluding hydrogens is 403 g/mol. The van der Waals surface area contributed by atoms with E-state index in [2.05, 4.69) is 4.74 Å². The van der Waals surface area contributed by atoms with E-state index in [-0.39, 0.29) is 27.9 Å². The van der Waals surface area contributed by atoms with Gasteiger partial charge in [-0.1, -0.05) is 0 Å². The van der Waals surface area contributed by atoms with Gasteiger partial charge >= 0.3 is 6.36 Å². The van der Waals surface area contributed by atoms with Crippen molar-refractivity contribution in [1.82, 2.24) is 5.06 Å². The summed E-state index contributed by atoms with van der Waals surface area (Å²) in [7, 11) is -3.77. The summed E-state index contributed by atoms with van der Waals surface area (Å²) in [6.45, 7) is 1.37. The fourth-order valence-electron chi connectivity index (χ4n) is 2.15. The second kappa shape index (κ2) is 8.48. The summed E-state index contributed by atoms with van der Waals surface area (Å²) in [6.07, 6.45) is -4.68. The van der Waals surface area contributed by atoms with E-state index in [1.807, 2.05) is 0 Å². The number of alkyl halides is 3. The number of ether oxygens (including phenoxy) is 2. The SMILES string of the molecule is C[C@@H](CS(=O)(=O)c1ccc(Oc2ccc(OC(F)(F)F)cc2)cc1)N(O)C=O. The smallest absolute Gasteiger partial charge is 0.457 e. The van der Waals surface area contributed by atoms with E-state index in [9.17, 15) is 31.6 Å². The molecule has 0 spiro atoms. The molecule has 0 radical (unpaired) electrons. The maximum atomic E-state index is 12.3. The standard InChI is InChI=1S/C17H16F3NO6S/c1-12(21(23)11-22)10-28(24,25)16-8-6-14(7-9-16)26-13-2-4-15(5-3-13)27-17(18,19)20/h2-9,11-12,23H,10H2,1H3/t12-/m0/s1. The Hall–Kier alpha value is -2.79. The average Bonchev–Trinajstić information content (AvgIpc) is 2.61. The molecule has 0 aliphatic rings. The van der Waals surface area contributed by atoms with E-state index < -0.39 is 33.7 Å². The van der Waals surface area contributed by atoms with Crippen LogP contribution < -0.4 is 9.47 Å². The van der Waals surface area contributed by atoms with Crippen LogP contribution in [0.15, 0.2) is 53.4 Å². The van der Waals surface area contributed by atoms with E-state index in [4.69, 9.17) is 4.74 Å². The number of hydroxylamine groups is 2. The highest BCUT2D eigenvalue weighted by Gasteiger charge is 2.31. The highest BCUT2D eigenvalue weighted by atomic mass is 32.2. The van der Waals surface area contributed by atoms with E-state index in [0.717, 1.165) is 12.1 Å². The quantitative estimate of drug-likeness (QED) is 0.401. The van der Waals surface area contributed by atoms with Gasteiger partial charge in [-0.15, -0.1) is 13.2 Å². The Labute approximate surface area is 158 Å². The van der Waals surface area contributed by atoms with Gasteiger partial charge < -0.3 is 9.47 Å². The number of halogens is 3. The molecule has 0 aliphatic carbocycles. The van der Waals surface area contributed by atoms with Gasteiger partial charge in [0.15, 0.2) is 9.84 Å². The Kier molecular flexibility index (Phi) is 6.52. The van der Waals surface area contributed by atoms with Gasteiger partial charge in [0.25, 0.3) is 0 Å². The molecule has 0 aliphatic heterocycles. The van der Waals surface area contributed by atoms with Crippen LogP contribution in [-0.2, 0) is 14.6 Å². The Balaban J connectivity index is 2.05. The third kappa shape index (κ3) is 6.13. The molecule has 152 valence electrons. The molecule has 2 aromatic carbocycles. The van der Waals surface area contributed by atoms with Crippen LogP contribution in [0.1, 0.15) is 6.92 Å². The Morgan fingerprint density at radius 3 is 1.96 bits per heavy atom. The molecule has 0 fully saturated rings. The van der Waals surface area contributed by atoms with Crippen molar-refractivity contribution in [3.8, 4) is 17.2 Å². The number of amides is 1. The molecule has 0 unspecified atom stereocenters. The number of nitrogens with zero attached hydrogens (tertiary/aromatic N) is 1. The summed E-state index contributed by atoms with van der Waals surface area (Å²) in [5, 5.41) is 9.50. The topological polar surface area (TPSA) is 93.1 Å². The number of sulfone groups is 1. The molecule has 11 heteroatoms. The molecule has 2 rings (SSSR count). The van der Waals surface area contributed by atoms with Crippen molar-refractivity contribution in [2.75, 3.05) is 5.75 Å². The minimum absolute atomic E-state index is 0.0417. The molecular formula is C17H16F3NO6S. The highest BCUT2D eigenvalue weighted by molar-refractivity contribution is 7.91. The van der Waals surface area contributed by atoms with Crippen molar-refractivity contribution in [2.45, 2.75) is 24.2 Å². The lowest BCUT2D eigenvalue weighted by atomic mass is 10.3. The van der Waals surface area contributed by atoms with Crippen molar-refractivity contribution in [3.05, 3.63) is 48.5 Å². The minimum atomic E-state index is -4.79. The van der Waals surface area contributed by atoms with E-state index in [1.54, 1.807) is 0 Å². The second-order valence-electron chi connectivity index (χ2n) is 5.71. The lowest BCUT2D eigenvalue weighted by Crippen LogP contribution is -2.34. The number of rotatable bonds is 8. The zero-order valence-corrected chi connectivity index (χ0v) is 15.3. The van der Waals surface area contributed by atoms with Gasteiger partial charge in [0.1, 0.15) is 17.2 Å². The first-order chi connectivity index (χ1) is 13.0. The number of carbonyl (C=O) groups excluding carboxylic acids is 1. The van der Waals surface area contributed by atoms with Crippen LogP contribution in [0.3, 0.4) is 0 Å². The molecule has 7 nitrogen and oxygen atoms in total. The lowest BCUT2D eigenvalue weighted by molar-refractivity contribution is -0.274. The third-order valence-electron chi connectivity index (χ3n) is 3.50. The molecule has 2 aromatic rings. The zero-order valence-electron chi connectivity index (χ0n) is 14.5. The summed E-state index contributed by atoms with van der Waals surface area (Å²) < 4.78 is 70.2. The van der Waals surface area contributed by atoms with Gasteiger partial charge in [0.2, 0.25) is 6.41 Å². The first kappa shape index (κ1) is 21.5. The van der Waals surface area contributed by atoms with E-state index in [0.29, 0.717) is 0 Å². The first-order valence-electron chi connectivity index (χ1n) is 7.79. The van der Waals surface area contributed by atoms with E-state index >= 15 is 0 Å². The molecule has 0 bridgehead atoms. The molecule has 0 saturated heterocycles. The summed E-state index contributed by atoms with van der Waals surface area (Å²) in [4.78, 5) is 10.4. The first-order valence-corrected chi connectivity index (χ1v) is 9.44. The van der Waals surface area contributed by atoms with Gasteiger partial charge in [-0.2, -0.15) is 0 Å². The number of hydrogen-bond donors (Lipinski definition) is 1. The average molecular weight is 419 g/mol. The second-order valence-corrected chi connectivity index (χ2v) is 7.74. The van der Waals surface area contributed by atoms with Crippen molar-refractivity contribution >= 4 is 16.2 Å². The van der Waals surface area contributed by atoms with Gasteiger partial charge in [0.05, 0.1) is 16.7 Å². The van der Waals surface area contributed by atoms with Crippen LogP contribution in [0.5, 0.6) is 17.2 Å². The molecule has 1 N–H and O–H groups in total. The maximum absolute atomic E-state index is 12.3. The van der Waals surface area contributed by atoms with Gasteiger partial charge in [-0.25, -0.2) is 13.5 Å². The van der Waals surface area contributed by atoms with Crippen LogP contribution in [0, 0.1) is 0 Å². The fraction of sp³-hybridized carbons (Fsp3) is 0.235. The van der Waals surface area contributed by atoms with Gasteiger partial charge in [0, 0.05) is 0 Å². The largest absolute Gasteiger partial charge is 0.573 e. The van der Waals surface area contributed by atoms with Crippen LogP contribution >= 0.6 is 0 Å². The van der Waals surface area contributed by atoms with Gasteiger partial charge in [-0.3, -0.25) is 10.0 Å². The highest BCUT2D eigenvalue weighted by Crippen LogP contribution is 2.28. The van der Waals surface area contributed by atoms with Crippen molar-refractivity contribution in [1.29, 1.82) is 0 Å². The Morgan fingerprint density at radius 2 is 1.50 bits per heavy atom. The minimum Gasteiger partial charge on any atom is -0.457 e. The summed E-state index contributed by atoms with van der Waals surface area (Å²) in [5.74, 6) is -0.402. The number of hydrogen-bond acceptors (Lipinski definition) is 6. The summed E-state index contributed by atoms with van der Waals surface area (Å²) in [5.41, 5.74) is 0. The normalized spacial score (nSPS) is 12.9. The molecule has 0 heterocycles. The number of benzene rings is 2. The molecule has 1 amide bonds.